The van der Waals surface area contributed by atoms with E-state index in [2.05, 4.69) is 15.5 Å². The van der Waals surface area contributed by atoms with Crippen LogP contribution in [0.4, 0.5) is 0 Å². The molecule has 1 fully saturated rings. The number of hydrazone groups is 1. The predicted octanol–water partition coefficient (Wildman–Crippen LogP) is 0.162. The first-order valence-corrected chi connectivity index (χ1v) is 6.67. The lowest BCUT2D eigenvalue weighted by atomic mass is 10.0. The van der Waals surface area contributed by atoms with Gasteiger partial charge in [0.1, 0.15) is 11.8 Å². The molecule has 7 nitrogen and oxygen atoms in total. The van der Waals surface area contributed by atoms with Crippen LogP contribution in [0.25, 0.3) is 0 Å². The first-order chi connectivity index (χ1) is 9.53. The van der Waals surface area contributed by atoms with E-state index in [1.165, 1.54) is 10.0 Å². The molecular weight excluding hydrogens is 258 g/mol. The lowest BCUT2D eigenvalue weighted by molar-refractivity contribution is -0.131. The summed E-state index contributed by atoms with van der Waals surface area (Å²) >= 11 is 0. The highest BCUT2D eigenvalue weighted by molar-refractivity contribution is 6.25. The summed E-state index contributed by atoms with van der Waals surface area (Å²) in [6, 6.07) is 0. The zero-order valence-corrected chi connectivity index (χ0v) is 12.2. The third kappa shape index (κ3) is 2.19. The second kappa shape index (κ2) is 5.44. The smallest absolute Gasteiger partial charge is 0.275 e. The maximum Gasteiger partial charge on any atom is 0.275 e. The Balaban J connectivity index is 2.33. The number of aliphatic imine (C=N–C) groups is 1. The molecular formula is C13H19N5O2. The van der Waals surface area contributed by atoms with E-state index in [1.807, 2.05) is 13.8 Å². The molecule has 1 unspecified atom stereocenters. The van der Waals surface area contributed by atoms with Crippen molar-refractivity contribution in [1.82, 2.24) is 15.4 Å². The molecule has 0 aromatic heterocycles. The molecule has 2 aliphatic rings. The van der Waals surface area contributed by atoms with Crippen molar-refractivity contribution in [2.45, 2.75) is 20.8 Å². The summed E-state index contributed by atoms with van der Waals surface area (Å²) in [7, 11) is 1.62. The Morgan fingerprint density at radius 1 is 1.35 bits per heavy atom. The van der Waals surface area contributed by atoms with Gasteiger partial charge in [0.15, 0.2) is 0 Å². The van der Waals surface area contributed by atoms with Gasteiger partial charge in [-0.25, -0.2) is 5.01 Å². The lowest BCUT2D eigenvalue weighted by Crippen LogP contribution is -2.35. The van der Waals surface area contributed by atoms with Crippen molar-refractivity contribution >= 4 is 23.4 Å². The fraction of sp³-hybridized carbons (Fsp3) is 0.538. The second-order valence-electron chi connectivity index (χ2n) is 4.57. The number of amidine groups is 1. The number of nitrogens with zero attached hydrogens (tertiary/aromatic N) is 4. The van der Waals surface area contributed by atoms with Gasteiger partial charge in [0, 0.05) is 20.1 Å². The maximum absolute atomic E-state index is 12.2. The number of hydrogen-bond acceptors (Lipinski definition) is 4. The zero-order chi connectivity index (χ0) is 14.9. The fourth-order valence-electron chi connectivity index (χ4n) is 2.27. The van der Waals surface area contributed by atoms with Crippen LogP contribution in [0.15, 0.2) is 21.7 Å². The molecule has 0 saturated carbocycles. The molecule has 20 heavy (non-hydrogen) atoms. The lowest BCUT2D eigenvalue weighted by Gasteiger charge is -2.11. The minimum atomic E-state index is -0.541. The minimum absolute atomic E-state index is 0.101. The van der Waals surface area contributed by atoms with Crippen LogP contribution in [0.2, 0.25) is 0 Å². The molecule has 0 spiro atoms. The SMILES string of the molecule is CCN1N=C(C)/C(=C/C2C(=O)N(CC)NC2=NC)C1=O. The molecule has 0 aliphatic carbocycles. The summed E-state index contributed by atoms with van der Waals surface area (Å²) in [5.74, 6) is -0.250. The molecule has 7 heteroatoms. The van der Waals surface area contributed by atoms with E-state index in [0.717, 1.165) is 0 Å². The van der Waals surface area contributed by atoms with Crippen molar-refractivity contribution in [3.8, 4) is 0 Å². The molecule has 0 aromatic carbocycles. The van der Waals surface area contributed by atoms with E-state index in [4.69, 9.17) is 0 Å². The number of carbonyl (C=O) groups is 2. The number of nitrogens with one attached hydrogen (secondary N) is 1. The van der Waals surface area contributed by atoms with E-state index >= 15 is 0 Å². The van der Waals surface area contributed by atoms with Crippen molar-refractivity contribution in [2.75, 3.05) is 20.1 Å². The van der Waals surface area contributed by atoms with Crippen molar-refractivity contribution in [1.29, 1.82) is 0 Å². The molecule has 0 radical (unpaired) electrons. The third-order valence-electron chi connectivity index (χ3n) is 3.39. The highest BCUT2D eigenvalue weighted by Gasteiger charge is 2.37. The Hall–Kier alpha value is -2.18. The first-order valence-electron chi connectivity index (χ1n) is 6.67. The fourth-order valence-corrected chi connectivity index (χ4v) is 2.27. The minimum Gasteiger partial charge on any atom is -0.282 e. The van der Waals surface area contributed by atoms with Gasteiger partial charge in [0.25, 0.3) is 11.8 Å². The molecule has 0 aromatic rings. The molecule has 108 valence electrons. The van der Waals surface area contributed by atoms with Crippen LogP contribution in [-0.4, -0.2) is 53.5 Å². The van der Waals surface area contributed by atoms with Crippen molar-refractivity contribution in [3.63, 3.8) is 0 Å². The highest BCUT2D eigenvalue weighted by atomic mass is 16.2. The molecule has 2 heterocycles. The number of carbonyl (C=O) groups excluding carboxylic acids is 2. The van der Waals surface area contributed by atoms with E-state index in [1.54, 1.807) is 20.0 Å². The van der Waals surface area contributed by atoms with Crippen LogP contribution in [0.5, 0.6) is 0 Å². The number of amides is 2. The molecule has 2 aliphatic heterocycles. The monoisotopic (exact) mass is 277 g/mol. The Bertz CT molecular complexity index is 535. The van der Waals surface area contributed by atoms with Crippen LogP contribution >= 0.6 is 0 Å². The molecule has 0 bridgehead atoms. The molecule has 2 rings (SSSR count). The van der Waals surface area contributed by atoms with E-state index in [-0.39, 0.29) is 11.8 Å². The number of likely N-dealkylation sites (N-methyl/N-ethyl adjacent to an activating group) is 1. The normalized spacial score (nSPS) is 26.8. The Morgan fingerprint density at radius 2 is 2.05 bits per heavy atom. The van der Waals surface area contributed by atoms with Crippen molar-refractivity contribution in [2.24, 2.45) is 16.0 Å². The van der Waals surface area contributed by atoms with Gasteiger partial charge in [0.2, 0.25) is 0 Å². The quantitative estimate of drug-likeness (QED) is 0.747. The van der Waals surface area contributed by atoms with Gasteiger partial charge in [-0.05, 0) is 26.8 Å². The Labute approximate surface area is 118 Å². The summed E-state index contributed by atoms with van der Waals surface area (Å²) in [4.78, 5) is 28.5. The largest absolute Gasteiger partial charge is 0.282 e. The van der Waals surface area contributed by atoms with Gasteiger partial charge in [-0.15, -0.1) is 0 Å². The Kier molecular flexibility index (Phi) is 3.87. The standard InChI is InChI=1S/C13H19N5O2/c1-5-17-12(19)9(8(3)15-17)7-10-11(14-4)16-18(6-2)13(10)20/h7,10H,5-6H2,1-4H3,(H,14,16)/b9-7-. The van der Waals surface area contributed by atoms with Gasteiger partial charge in [0.05, 0.1) is 11.3 Å². The number of rotatable bonds is 3. The average molecular weight is 277 g/mol. The summed E-state index contributed by atoms with van der Waals surface area (Å²) in [6.07, 6.45) is 1.66. The van der Waals surface area contributed by atoms with E-state index in [9.17, 15) is 9.59 Å². The van der Waals surface area contributed by atoms with Gasteiger partial charge in [-0.3, -0.25) is 25.0 Å². The summed E-state index contributed by atoms with van der Waals surface area (Å²) in [5.41, 5.74) is 4.06. The van der Waals surface area contributed by atoms with Crippen LogP contribution in [0.3, 0.4) is 0 Å². The van der Waals surface area contributed by atoms with Crippen LogP contribution in [0, 0.1) is 5.92 Å². The molecule has 2 amide bonds. The van der Waals surface area contributed by atoms with Crippen LogP contribution < -0.4 is 5.43 Å². The third-order valence-corrected chi connectivity index (χ3v) is 3.39. The van der Waals surface area contributed by atoms with E-state index in [0.29, 0.717) is 30.2 Å². The summed E-state index contributed by atoms with van der Waals surface area (Å²) in [6.45, 7) is 6.56. The number of hydrazine groups is 1. The summed E-state index contributed by atoms with van der Waals surface area (Å²) in [5, 5.41) is 7.06. The zero-order valence-electron chi connectivity index (χ0n) is 12.2. The van der Waals surface area contributed by atoms with Gasteiger partial charge in [-0.2, -0.15) is 5.10 Å². The van der Waals surface area contributed by atoms with Crippen molar-refractivity contribution in [3.05, 3.63) is 11.6 Å². The van der Waals surface area contributed by atoms with Gasteiger partial charge >= 0.3 is 0 Å². The second-order valence-corrected chi connectivity index (χ2v) is 4.57. The highest BCUT2D eigenvalue weighted by Crippen LogP contribution is 2.20. The van der Waals surface area contributed by atoms with Crippen LogP contribution in [-0.2, 0) is 9.59 Å². The maximum atomic E-state index is 12.2. The summed E-state index contributed by atoms with van der Waals surface area (Å²) < 4.78 is 0. The molecule has 1 N–H and O–H groups in total. The van der Waals surface area contributed by atoms with Crippen molar-refractivity contribution < 1.29 is 9.59 Å². The van der Waals surface area contributed by atoms with Gasteiger partial charge in [-0.1, -0.05) is 0 Å². The first kappa shape index (κ1) is 14.2. The van der Waals surface area contributed by atoms with E-state index < -0.39 is 5.92 Å². The predicted molar refractivity (Wildman–Crippen MR) is 76.0 cm³/mol. The molecule has 1 saturated heterocycles. The average Bonchev–Trinajstić information content (AvgIpc) is 2.90. The Morgan fingerprint density at radius 3 is 2.55 bits per heavy atom. The van der Waals surface area contributed by atoms with Crippen LogP contribution in [0.1, 0.15) is 20.8 Å². The topological polar surface area (TPSA) is 77.4 Å². The molecule has 1 atom stereocenters. The number of hydrogen-bond donors (Lipinski definition) is 1. The van der Waals surface area contributed by atoms with Gasteiger partial charge < -0.3 is 0 Å².